The SMILES string of the molecule is Cn1ncc2c(NCc3cccc(NC(=O)[C@H]4CCCO4)c3)ncnc21. The number of hydrogen-bond donors (Lipinski definition) is 2. The van der Waals surface area contributed by atoms with E-state index in [9.17, 15) is 4.79 Å². The molecule has 4 rings (SSSR count). The summed E-state index contributed by atoms with van der Waals surface area (Å²) in [6, 6.07) is 7.74. The van der Waals surface area contributed by atoms with Crippen LogP contribution in [-0.4, -0.2) is 38.4 Å². The van der Waals surface area contributed by atoms with E-state index in [0.29, 0.717) is 13.2 Å². The molecule has 0 spiro atoms. The average Bonchev–Trinajstić information content (AvgIpc) is 3.31. The summed E-state index contributed by atoms with van der Waals surface area (Å²) in [6.45, 7) is 1.23. The number of carbonyl (C=O) groups is 1. The molecule has 3 heterocycles. The summed E-state index contributed by atoms with van der Waals surface area (Å²) in [4.78, 5) is 20.7. The highest BCUT2D eigenvalue weighted by atomic mass is 16.5. The molecule has 2 N–H and O–H groups in total. The van der Waals surface area contributed by atoms with Gasteiger partial charge >= 0.3 is 0 Å². The molecule has 1 saturated heterocycles. The predicted octanol–water partition coefficient (Wildman–Crippen LogP) is 2.09. The number of benzene rings is 1. The monoisotopic (exact) mass is 352 g/mol. The van der Waals surface area contributed by atoms with Crippen molar-refractivity contribution in [3.05, 3.63) is 42.4 Å². The molecule has 1 aliphatic heterocycles. The Hall–Kier alpha value is -3.00. The van der Waals surface area contributed by atoms with Crippen LogP contribution < -0.4 is 10.6 Å². The Labute approximate surface area is 150 Å². The lowest BCUT2D eigenvalue weighted by molar-refractivity contribution is -0.124. The number of nitrogens with zero attached hydrogens (tertiary/aromatic N) is 4. The molecule has 3 aromatic rings. The Morgan fingerprint density at radius 1 is 1.38 bits per heavy atom. The standard InChI is InChI=1S/C18H20N6O2/c1-24-17-14(10-22-24)16(20-11-21-17)19-9-12-4-2-5-13(8-12)23-18(25)15-6-3-7-26-15/h2,4-5,8,10-11,15H,3,6-7,9H2,1H3,(H,23,25)(H,19,20,21)/t15-/m1/s1. The fourth-order valence-electron chi connectivity index (χ4n) is 3.05. The van der Waals surface area contributed by atoms with Gasteiger partial charge in [-0.1, -0.05) is 12.1 Å². The van der Waals surface area contributed by atoms with Crippen LogP contribution >= 0.6 is 0 Å². The highest BCUT2D eigenvalue weighted by Gasteiger charge is 2.23. The number of anilines is 2. The molecule has 1 fully saturated rings. The van der Waals surface area contributed by atoms with E-state index in [1.807, 2.05) is 31.3 Å². The molecule has 1 amide bonds. The van der Waals surface area contributed by atoms with Crippen LogP contribution in [0.2, 0.25) is 0 Å². The lowest BCUT2D eigenvalue weighted by Gasteiger charge is -2.12. The van der Waals surface area contributed by atoms with Gasteiger partial charge in [-0.2, -0.15) is 5.10 Å². The minimum atomic E-state index is -0.336. The van der Waals surface area contributed by atoms with Gasteiger partial charge in [0.2, 0.25) is 0 Å². The van der Waals surface area contributed by atoms with Crippen LogP contribution in [-0.2, 0) is 23.1 Å². The zero-order chi connectivity index (χ0) is 17.9. The summed E-state index contributed by atoms with van der Waals surface area (Å²) < 4.78 is 7.13. The molecule has 0 aliphatic carbocycles. The summed E-state index contributed by atoms with van der Waals surface area (Å²) in [6.07, 6.45) is 4.64. The van der Waals surface area contributed by atoms with Crippen molar-refractivity contribution in [2.24, 2.45) is 7.05 Å². The van der Waals surface area contributed by atoms with Gasteiger partial charge in [-0.15, -0.1) is 0 Å². The first-order chi connectivity index (χ1) is 12.7. The zero-order valence-electron chi connectivity index (χ0n) is 14.5. The van der Waals surface area contributed by atoms with E-state index in [2.05, 4.69) is 25.7 Å². The Kier molecular flexibility index (Phi) is 4.49. The molecule has 1 atom stereocenters. The Morgan fingerprint density at radius 2 is 2.31 bits per heavy atom. The minimum absolute atomic E-state index is 0.0829. The third-order valence-corrected chi connectivity index (χ3v) is 4.41. The number of amides is 1. The van der Waals surface area contributed by atoms with E-state index in [1.165, 1.54) is 6.33 Å². The summed E-state index contributed by atoms with van der Waals surface area (Å²) in [5, 5.41) is 11.3. The van der Waals surface area contributed by atoms with Crippen molar-refractivity contribution in [2.75, 3.05) is 17.2 Å². The average molecular weight is 352 g/mol. The zero-order valence-corrected chi connectivity index (χ0v) is 14.5. The van der Waals surface area contributed by atoms with Gasteiger partial charge in [-0.05, 0) is 30.5 Å². The first-order valence-corrected chi connectivity index (χ1v) is 8.59. The van der Waals surface area contributed by atoms with Crippen LogP contribution in [0.15, 0.2) is 36.8 Å². The van der Waals surface area contributed by atoms with Gasteiger partial charge in [0, 0.05) is 25.9 Å². The third-order valence-electron chi connectivity index (χ3n) is 4.41. The largest absolute Gasteiger partial charge is 0.368 e. The van der Waals surface area contributed by atoms with E-state index in [-0.39, 0.29) is 12.0 Å². The van der Waals surface area contributed by atoms with Gasteiger partial charge in [-0.25, -0.2) is 9.97 Å². The van der Waals surface area contributed by atoms with E-state index >= 15 is 0 Å². The first kappa shape index (κ1) is 16.5. The molecule has 2 aromatic heterocycles. The van der Waals surface area contributed by atoms with Crippen LogP contribution in [0.3, 0.4) is 0 Å². The van der Waals surface area contributed by atoms with Gasteiger partial charge in [0.1, 0.15) is 18.2 Å². The Morgan fingerprint density at radius 3 is 3.15 bits per heavy atom. The lowest BCUT2D eigenvalue weighted by Crippen LogP contribution is -2.26. The van der Waals surface area contributed by atoms with Crippen LogP contribution in [0, 0.1) is 0 Å². The topological polar surface area (TPSA) is 94.0 Å². The third kappa shape index (κ3) is 3.36. The molecule has 0 unspecified atom stereocenters. The van der Waals surface area contributed by atoms with Gasteiger partial charge in [0.05, 0.1) is 11.6 Å². The molecular weight excluding hydrogens is 332 g/mol. The number of ether oxygens (including phenoxy) is 1. The second-order valence-electron chi connectivity index (χ2n) is 6.27. The number of fused-ring (bicyclic) bond motifs is 1. The molecule has 8 nitrogen and oxygen atoms in total. The maximum atomic E-state index is 12.2. The highest BCUT2D eigenvalue weighted by molar-refractivity contribution is 5.94. The molecule has 0 radical (unpaired) electrons. The quantitative estimate of drug-likeness (QED) is 0.730. The van der Waals surface area contributed by atoms with Crippen molar-refractivity contribution >= 4 is 28.4 Å². The molecule has 8 heteroatoms. The summed E-state index contributed by atoms with van der Waals surface area (Å²) in [7, 11) is 1.85. The lowest BCUT2D eigenvalue weighted by atomic mass is 10.2. The first-order valence-electron chi connectivity index (χ1n) is 8.59. The molecule has 0 bridgehead atoms. The molecule has 1 aliphatic rings. The van der Waals surface area contributed by atoms with Crippen molar-refractivity contribution < 1.29 is 9.53 Å². The second-order valence-corrected chi connectivity index (χ2v) is 6.27. The van der Waals surface area contributed by atoms with Gasteiger partial charge in [0.15, 0.2) is 5.65 Å². The molecule has 26 heavy (non-hydrogen) atoms. The number of hydrogen-bond acceptors (Lipinski definition) is 6. The van der Waals surface area contributed by atoms with Crippen LogP contribution in [0.4, 0.5) is 11.5 Å². The van der Waals surface area contributed by atoms with Crippen molar-refractivity contribution in [3.63, 3.8) is 0 Å². The van der Waals surface area contributed by atoms with Crippen molar-refractivity contribution in [1.29, 1.82) is 0 Å². The van der Waals surface area contributed by atoms with Gasteiger partial charge in [-0.3, -0.25) is 9.48 Å². The smallest absolute Gasteiger partial charge is 0.253 e. The van der Waals surface area contributed by atoms with Crippen molar-refractivity contribution in [3.8, 4) is 0 Å². The number of rotatable bonds is 5. The maximum Gasteiger partial charge on any atom is 0.253 e. The van der Waals surface area contributed by atoms with Crippen molar-refractivity contribution in [2.45, 2.75) is 25.5 Å². The van der Waals surface area contributed by atoms with E-state index in [1.54, 1.807) is 10.9 Å². The summed E-state index contributed by atoms with van der Waals surface area (Å²) in [5.41, 5.74) is 2.57. The maximum absolute atomic E-state index is 12.2. The predicted molar refractivity (Wildman–Crippen MR) is 97.7 cm³/mol. The molecule has 134 valence electrons. The van der Waals surface area contributed by atoms with Gasteiger partial charge < -0.3 is 15.4 Å². The summed E-state index contributed by atoms with van der Waals surface area (Å²) >= 11 is 0. The summed E-state index contributed by atoms with van der Waals surface area (Å²) in [5.74, 6) is 0.650. The minimum Gasteiger partial charge on any atom is -0.368 e. The van der Waals surface area contributed by atoms with Gasteiger partial charge in [0.25, 0.3) is 5.91 Å². The number of nitrogens with one attached hydrogen (secondary N) is 2. The van der Waals surface area contributed by atoms with Crippen LogP contribution in [0.5, 0.6) is 0 Å². The fourth-order valence-corrected chi connectivity index (χ4v) is 3.05. The number of carbonyl (C=O) groups excluding carboxylic acids is 1. The number of aromatic nitrogens is 4. The van der Waals surface area contributed by atoms with E-state index < -0.39 is 0 Å². The normalized spacial score (nSPS) is 16.7. The second kappa shape index (κ2) is 7.09. The number of aryl methyl sites for hydroxylation is 1. The fraction of sp³-hybridized carbons (Fsp3) is 0.333. The molecule has 0 saturated carbocycles. The Balaban J connectivity index is 1.44. The van der Waals surface area contributed by atoms with Crippen LogP contribution in [0.1, 0.15) is 18.4 Å². The molecular formula is C18H20N6O2. The highest BCUT2D eigenvalue weighted by Crippen LogP contribution is 2.20. The van der Waals surface area contributed by atoms with Crippen LogP contribution in [0.25, 0.3) is 11.0 Å². The molecule has 1 aromatic carbocycles. The Bertz CT molecular complexity index is 932. The van der Waals surface area contributed by atoms with Crippen molar-refractivity contribution in [1.82, 2.24) is 19.7 Å². The van der Waals surface area contributed by atoms with E-state index in [4.69, 9.17) is 4.74 Å². The van der Waals surface area contributed by atoms with E-state index in [0.717, 1.165) is 40.9 Å².